The zero-order valence-corrected chi connectivity index (χ0v) is 17.6. The van der Waals surface area contributed by atoms with Gasteiger partial charge in [0.25, 0.3) is 0 Å². The molecule has 0 atom stereocenters. The van der Waals surface area contributed by atoms with Crippen molar-refractivity contribution in [1.82, 2.24) is 0 Å². The molecular weight excluding hydrogens is 476 g/mol. The van der Waals surface area contributed by atoms with Crippen molar-refractivity contribution in [3.63, 3.8) is 0 Å². The molecule has 0 aromatic heterocycles. The van der Waals surface area contributed by atoms with E-state index >= 15 is 0 Å². The Balaban J connectivity index is -0.000000438. The Kier molecular flexibility index (Phi) is 17.8. The van der Waals surface area contributed by atoms with E-state index in [-0.39, 0.29) is 25.7 Å². The summed E-state index contributed by atoms with van der Waals surface area (Å²) in [6.45, 7) is -0.0556. The quantitative estimate of drug-likeness (QED) is 0.109. The summed E-state index contributed by atoms with van der Waals surface area (Å²) in [4.78, 5) is 61.0. The second kappa shape index (κ2) is 17.1. The maximum Gasteiger partial charge on any atom is 0.336 e. The number of rotatable bonds is 14. The molecule has 34 heavy (non-hydrogen) atoms. The van der Waals surface area contributed by atoms with E-state index in [9.17, 15) is 28.8 Å². The number of carboxylic acids is 6. The first-order valence-corrected chi connectivity index (χ1v) is 9.02. The summed E-state index contributed by atoms with van der Waals surface area (Å²) in [5.41, 5.74) is -5.48. The molecule has 0 aliphatic heterocycles. The Bertz CT molecular complexity index is 612. The molecule has 0 aliphatic carbocycles. The van der Waals surface area contributed by atoms with Crippen LogP contribution in [0.15, 0.2) is 0 Å². The van der Waals surface area contributed by atoms with Crippen molar-refractivity contribution in [3.05, 3.63) is 0 Å². The lowest BCUT2D eigenvalue weighted by Crippen LogP contribution is -2.42. The van der Waals surface area contributed by atoms with Gasteiger partial charge in [0.1, 0.15) is 0 Å². The van der Waals surface area contributed by atoms with Gasteiger partial charge in [-0.2, -0.15) is 0 Å². The molecule has 11 N–H and O–H groups in total. The van der Waals surface area contributed by atoms with Gasteiger partial charge in [-0.25, -0.2) is 9.59 Å². The molecule has 0 radical (unpaired) electrons. The van der Waals surface area contributed by atoms with Gasteiger partial charge < -0.3 is 56.2 Å². The van der Waals surface area contributed by atoms with Gasteiger partial charge in [0, 0.05) is 25.7 Å². The van der Waals surface area contributed by atoms with E-state index < -0.39 is 72.7 Å². The summed E-state index contributed by atoms with van der Waals surface area (Å²) in [6.07, 6.45) is -4.10. The number of aliphatic carboxylic acids is 6. The van der Waals surface area contributed by atoms with Crippen LogP contribution in [-0.4, -0.2) is 123 Å². The lowest BCUT2D eigenvalue weighted by molar-refractivity contribution is -0.170. The number of aliphatic hydroxyl groups excluding tert-OH is 3. The van der Waals surface area contributed by atoms with Crippen LogP contribution in [0.25, 0.3) is 0 Å². The van der Waals surface area contributed by atoms with Crippen molar-refractivity contribution in [1.29, 1.82) is 0 Å². The lowest BCUT2D eigenvalue weighted by Gasteiger charge is -2.18. The van der Waals surface area contributed by atoms with E-state index in [1.165, 1.54) is 0 Å². The van der Waals surface area contributed by atoms with E-state index in [2.05, 4.69) is 0 Å². The van der Waals surface area contributed by atoms with Crippen molar-refractivity contribution in [2.75, 3.05) is 19.8 Å². The molecule has 0 aromatic rings. The van der Waals surface area contributed by atoms with Gasteiger partial charge in [-0.15, -0.1) is 0 Å². The molecule has 0 bridgehead atoms. The second-order valence-electron chi connectivity index (χ2n) is 6.70. The summed E-state index contributed by atoms with van der Waals surface area (Å²) in [7, 11) is 0. The van der Waals surface area contributed by atoms with Crippen molar-refractivity contribution in [3.8, 4) is 0 Å². The van der Waals surface area contributed by atoms with E-state index in [0.717, 1.165) is 0 Å². The fourth-order valence-corrected chi connectivity index (χ4v) is 1.85. The molecule has 0 spiro atoms. The van der Waals surface area contributed by atoms with Crippen LogP contribution in [0, 0.1) is 5.92 Å². The lowest BCUT2D eigenvalue weighted by atomic mass is 9.96. The van der Waals surface area contributed by atoms with Gasteiger partial charge in [0.2, 0.25) is 0 Å². The predicted molar refractivity (Wildman–Crippen MR) is 104 cm³/mol. The first kappa shape index (κ1) is 35.2. The van der Waals surface area contributed by atoms with Gasteiger partial charge in [0.15, 0.2) is 11.2 Å². The third kappa shape index (κ3) is 17.2. The SMILES string of the molecule is O=C(O)CC(O)(CC(=O)O)C(=O)O.O=C(O)CC(O)(CC(=O)O)C(=O)O.OCCC(CO)CO. The maximum absolute atomic E-state index is 10.3. The third-order valence-corrected chi connectivity index (χ3v) is 3.62. The number of aliphatic hydroxyl groups is 5. The second-order valence-corrected chi connectivity index (χ2v) is 6.70. The van der Waals surface area contributed by atoms with Crippen LogP contribution in [0.4, 0.5) is 0 Å². The van der Waals surface area contributed by atoms with Crippen LogP contribution >= 0.6 is 0 Å². The van der Waals surface area contributed by atoms with E-state index in [1.54, 1.807) is 0 Å². The Hall–Kier alpha value is -3.38. The van der Waals surface area contributed by atoms with Crippen molar-refractivity contribution < 1.29 is 84.9 Å². The fraction of sp³-hybridized carbons (Fsp3) is 0.647. The number of carbonyl (C=O) groups is 6. The molecule has 0 aromatic carbocycles. The van der Waals surface area contributed by atoms with Gasteiger partial charge in [-0.05, 0) is 6.42 Å². The summed E-state index contributed by atoms with van der Waals surface area (Å²) in [6, 6.07) is 0. The first-order valence-electron chi connectivity index (χ1n) is 9.02. The van der Waals surface area contributed by atoms with Crippen LogP contribution in [0.2, 0.25) is 0 Å². The minimum atomic E-state index is -2.74. The average Bonchev–Trinajstić information content (AvgIpc) is 2.64. The average molecular weight is 504 g/mol. The summed E-state index contributed by atoms with van der Waals surface area (Å²) in [5.74, 6) is -10.2. The van der Waals surface area contributed by atoms with E-state index in [0.29, 0.717) is 6.42 Å². The van der Waals surface area contributed by atoms with Crippen LogP contribution in [0.5, 0.6) is 0 Å². The summed E-state index contributed by atoms with van der Waals surface area (Å²) in [5, 5.41) is 92.7. The third-order valence-electron chi connectivity index (χ3n) is 3.62. The molecule has 0 rings (SSSR count). The zero-order chi connectivity index (χ0) is 27.7. The number of hydrogen-bond donors (Lipinski definition) is 11. The zero-order valence-electron chi connectivity index (χ0n) is 17.6. The Morgan fingerprint density at radius 3 is 0.853 bits per heavy atom. The summed E-state index contributed by atoms with van der Waals surface area (Å²) >= 11 is 0. The minimum absolute atomic E-state index is 0.0335. The predicted octanol–water partition coefficient (Wildman–Crippen LogP) is -3.53. The van der Waals surface area contributed by atoms with Crippen LogP contribution in [0.3, 0.4) is 0 Å². The van der Waals surface area contributed by atoms with Gasteiger partial charge in [-0.3, -0.25) is 19.2 Å². The molecule has 17 heteroatoms. The van der Waals surface area contributed by atoms with Crippen LogP contribution in [0.1, 0.15) is 32.1 Å². The summed E-state index contributed by atoms with van der Waals surface area (Å²) < 4.78 is 0. The fourth-order valence-electron chi connectivity index (χ4n) is 1.85. The number of carboxylic acid groups (broad SMARTS) is 6. The minimum Gasteiger partial charge on any atom is -0.481 e. The molecule has 0 aliphatic rings. The van der Waals surface area contributed by atoms with E-state index in [1.807, 2.05) is 0 Å². The monoisotopic (exact) mass is 504 g/mol. The molecule has 17 nitrogen and oxygen atoms in total. The molecule has 0 saturated heterocycles. The van der Waals surface area contributed by atoms with Crippen LogP contribution < -0.4 is 0 Å². The molecule has 0 saturated carbocycles. The van der Waals surface area contributed by atoms with Gasteiger partial charge >= 0.3 is 35.8 Å². The van der Waals surface area contributed by atoms with Gasteiger partial charge in [0.05, 0.1) is 25.7 Å². The maximum atomic E-state index is 10.3. The normalized spacial score (nSPS) is 10.8. The topological polar surface area (TPSA) is 325 Å². The molecule has 0 heterocycles. The van der Waals surface area contributed by atoms with Gasteiger partial charge in [-0.1, -0.05) is 0 Å². The Labute approximate surface area is 190 Å². The molecular formula is C17H28O17. The highest BCUT2D eigenvalue weighted by atomic mass is 16.4. The highest BCUT2D eigenvalue weighted by Crippen LogP contribution is 2.16. The molecule has 0 unspecified atom stereocenters. The highest BCUT2D eigenvalue weighted by molar-refractivity contribution is 5.88. The number of hydrogen-bond acceptors (Lipinski definition) is 11. The van der Waals surface area contributed by atoms with E-state index in [4.69, 9.17) is 56.2 Å². The smallest absolute Gasteiger partial charge is 0.336 e. The van der Waals surface area contributed by atoms with Crippen molar-refractivity contribution in [2.24, 2.45) is 5.92 Å². The largest absolute Gasteiger partial charge is 0.481 e. The highest BCUT2D eigenvalue weighted by Gasteiger charge is 2.41. The van der Waals surface area contributed by atoms with Crippen LogP contribution in [-0.2, 0) is 28.8 Å². The molecule has 0 fully saturated rings. The molecule has 198 valence electrons. The Morgan fingerprint density at radius 1 is 0.529 bits per heavy atom. The van der Waals surface area contributed by atoms with Crippen molar-refractivity contribution in [2.45, 2.75) is 43.3 Å². The van der Waals surface area contributed by atoms with Crippen molar-refractivity contribution >= 4 is 35.8 Å². The molecule has 0 amide bonds. The standard InChI is InChI=1S/2C6H8O7.C5H12O3/c2*7-3(8)1-6(13,5(11)12)2-4(9)10;6-2-1-5(3-7)4-8/h2*13H,1-2H2,(H,7,8)(H,9,10)(H,11,12);5-8H,1-4H2. The Morgan fingerprint density at radius 2 is 0.765 bits per heavy atom. The first-order chi connectivity index (χ1) is 15.4.